The number of halogens is 1. The molecule has 0 spiro atoms. The number of nitrogens with zero attached hydrogens (tertiary/aromatic N) is 4. The van der Waals surface area contributed by atoms with Gasteiger partial charge in [-0.05, 0) is 18.2 Å². The van der Waals surface area contributed by atoms with Crippen LogP contribution < -0.4 is 4.74 Å². The second-order valence-electron chi connectivity index (χ2n) is 5.67. The van der Waals surface area contributed by atoms with Gasteiger partial charge in [0.1, 0.15) is 0 Å². The molecule has 1 amide bonds. The molecule has 1 aliphatic rings. The van der Waals surface area contributed by atoms with Crippen LogP contribution in [0, 0.1) is 10.1 Å². The number of rotatable bonds is 4. The van der Waals surface area contributed by atoms with Gasteiger partial charge in [-0.2, -0.15) is 5.01 Å². The molecule has 0 saturated heterocycles. The predicted molar refractivity (Wildman–Crippen MR) is 99.2 cm³/mol. The Balaban J connectivity index is 2.13. The van der Waals surface area contributed by atoms with E-state index in [1.54, 1.807) is 12.1 Å². The maximum absolute atomic E-state index is 12.1. The zero-order chi connectivity index (χ0) is 20.4. The van der Waals surface area contributed by atoms with E-state index >= 15 is 0 Å². The van der Waals surface area contributed by atoms with E-state index in [4.69, 9.17) is 9.47 Å². The van der Waals surface area contributed by atoms with Crippen molar-refractivity contribution < 1.29 is 24.0 Å². The van der Waals surface area contributed by atoms with Gasteiger partial charge in [0.25, 0.3) is 0 Å². The second-order valence-corrected chi connectivity index (χ2v) is 6.58. The lowest BCUT2D eigenvalue weighted by atomic mass is 10.1. The molecule has 1 atom stereocenters. The summed E-state index contributed by atoms with van der Waals surface area (Å²) in [6, 6.07) is 5.93. The Labute approximate surface area is 167 Å². The van der Waals surface area contributed by atoms with Crippen molar-refractivity contribution in [3.05, 3.63) is 62.4 Å². The van der Waals surface area contributed by atoms with Crippen molar-refractivity contribution in [1.82, 2.24) is 9.99 Å². The topological polar surface area (TPSA) is 124 Å². The highest BCUT2D eigenvalue weighted by atomic mass is 79.9. The van der Waals surface area contributed by atoms with Crippen LogP contribution in [0.4, 0.5) is 5.69 Å². The molecule has 2 aromatic rings. The highest BCUT2D eigenvalue weighted by Crippen LogP contribution is 2.42. The molecule has 10 nitrogen and oxygen atoms in total. The van der Waals surface area contributed by atoms with Gasteiger partial charge in [0, 0.05) is 42.3 Å². The van der Waals surface area contributed by atoms with E-state index in [2.05, 4.69) is 26.0 Å². The molecule has 0 saturated carbocycles. The quantitative estimate of drug-likeness (QED) is 0.304. The number of pyridine rings is 1. The van der Waals surface area contributed by atoms with Crippen LogP contribution in [0.1, 0.15) is 31.2 Å². The Kier molecular flexibility index (Phi) is 5.36. The Bertz CT molecular complexity index is 995. The lowest BCUT2D eigenvalue weighted by molar-refractivity contribution is -0.385. The van der Waals surface area contributed by atoms with E-state index < -0.39 is 28.7 Å². The highest BCUT2D eigenvalue weighted by Gasteiger charge is 2.38. The zero-order valence-electron chi connectivity index (χ0n) is 14.7. The minimum absolute atomic E-state index is 0.0966. The third kappa shape index (κ3) is 3.83. The summed E-state index contributed by atoms with van der Waals surface area (Å²) < 4.78 is 11.2. The Hall–Kier alpha value is -3.34. The summed E-state index contributed by atoms with van der Waals surface area (Å²) in [7, 11) is 0. The van der Waals surface area contributed by atoms with Crippen LogP contribution in [-0.2, 0) is 14.3 Å². The molecule has 0 aliphatic carbocycles. The molecule has 0 radical (unpaired) electrons. The molecule has 11 heteroatoms. The number of hydrogen-bond acceptors (Lipinski definition) is 8. The van der Waals surface area contributed by atoms with Crippen LogP contribution >= 0.6 is 15.9 Å². The third-order valence-electron chi connectivity index (χ3n) is 3.67. The first-order chi connectivity index (χ1) is 13.3. The van der Waals surface area contributed by atoms with E-state index in [0.29, 0.717) is 10.0 Å². The fraction of sp³-hybridized carbons (Fsp3) is 0.176. The predicted octanol–water partition coefficient (Wildman–Crippen LogP) is 2.92. The first-order valence-electron chi connectivity index (χ1n) is 7.89. The molecule has 2 heterocycles. The van der Waals surface area contributed by atoms with Gasteiger partial charge in [-0.1, -0.05) is 15.9 Å². The second kappa shape index (κ2) is 7.72. The van der Waals surface area contributed by atoms with Crippen molar-refractivity contribution in [2.24, 2.45) is 5.10 Å². The summed E-state index contributed by atoms with van der Waals surface area (Å²) >= 11 is 3.20. The molecule has 0 unspecified atom stereocenters. The van der Waals surface area contributed by atoms with Gasteiger partial charge in [-0.25, -0.2) is 0 Å². The average Bonchev–Trinajstić information content (AvgIpc) is 3.08. The number of carbonyl (C=O) groups excluding carboxylic acids is 2. The smallest absolute Gasteiger partial charge is 0.313 e. The van der Waals surface area contributed by atoms with Crippen molar-refractivity contribution in [2.75, 3.05) is 0 Å². The fourth-order valence-electron chi connectivity index (χ4n) is 2.55. The van der Waals surface area contributed by atoms with Crippen LogP contribution in [0.2, 0.25) is 0 Å². The molecular formula is C17H13BrN4O6. The number of carbonyl (C=O) groups is 2. The number of esters is 1. The van der Waals surface area contributed by atoms with E-state index in [1.165, 1.54) is 31.5 Å². The molecule has 1 aliphatic heterocycles. The van der Waals surface area contributed by atoms with Gasteiger partial charge in [0.2, 0.25) is 23.8 Å². The lowest BCUT2D eigenvalue weighted by Gasteiger charge is -2.21. The first kappa shape index (κ1) is 19.4. The minimum atomic E-state index is -1.16. The lowest BCUT2D eigenvalue weighted by Crippen LogP contribution is -2.26. The number of hydrogen-bond donors (Lipinski definition) is 0. The molecular weight excluding hydrogens is 436 g/mol. The van der Waals surface area contributed by atoms with E-state index in [1.807, 2.05) is 0 Å². The van der Waals surface area contributed by atoms with Gasteiger partial charge < -0.3 is 9.47 Å². The normalized spacial score (nSPS) is 15.6. The summed E-state index contributed by atoms with van der Waals surface area (Å²) in [5, 5.41) is 16.6. The molecule has 0 N–H and O–H groups in total. The molecule has 144 valence electrons. The number of ether oxygens (including phenoxy) is 2. The standard InChI is InChI=1S/C17H13BrN4O6/c1-9(23)21-17(28-16(20-21)11-3-5-19-6-4-11)13-7-12(18)8-14(22(25)26)15(13)27-10(2)24/h3-8,17H,1-2H3/t17-/m1/s1. The molecule has 0 fully saturated rings. The van der Waals surface area contributed by atoms with Crippen LogP contribution in [0.3, 0.4) is 0 Å². The number of nitro benzene ring substituents is 1. The molecule has 1 aromatic heterocycles. The summed E-state index contributed by atoms with van der Waals surface area (Å²) in [5.41, 5.74) is 0.200. The number of hydrazone groups is 1. The van der Waals surface area contributed by atoms with Gasteiger partial charge in [0.05, 0.1) is 10.5 Å². The monoisotopic (exact) mass is 448 g/mol. The maximum atomic E-state index is 12.1. The number of amides is 1. The van der Waals surface area contributed by atoms with E-state index in [-0.39, 0.29) is 17.2 Å². The van der Waals surface area contributed by atoms with Gasteiger partial charge >= 0.3 is 11.7 Å². The largest absolute Gasteiger partial charge is 0.446 e. The van der Waals surface area contributed by atoms with Gasteiger partial charge in [-0.15, -0.1) is 5.10 Å². The maximum Gasteiger partial charge on any atom is 0.313 e. The van der Waals surface area contributed by atoms with E-state index in [9.17, 15) is 19.7 Å². The SMILES string of the molecule is CC(=O)Oc1c([C@H]2OC(c3ccncc3)=NN2C(C)=O)cc(Br)cc1[N+](=O)[O-]. The summed E-state index contributed by atoms with van der Waals surface area (Å²) in [6.07, 6.45) is 1.90. The fourth-order valence-corrected chi connectivity index (χ4v) is 3.02. The Morgan fingerprint density at radius 3 is 2.54 bits per heavy atom. The Morgan fingerprint density at radius 2 is 1.96 bits per heavy atom. The highest BCUT2D eigenvalue weighted by molar-refractivity contribution is 9.10. The van der Waals surface area contributed by atoms with Crippen molar-refractivity contribution in [3.8, 4) is 5.75 Å². The molecule has 0 bridgehead atoms. The third-order valence-corrected chi connectivity index (χ3v) is 4.12. The number of nitro groups is 1. The van der Waals surface area contributed by atoms with Crippen molar-refractivity contribution >= 4 is 39.4 Å². The minimum Gasteiger partial charge on any atom is -0.446 e. The van der Waals surface area contributed by atoms with Crippen LogP contribution in [0.25, 0.3) is 0 Å². The summed E-state index contributed by atoms with van der Waals surface area (Å²) in [4.78, 5) is 38.3. The van der Waals surface area contributed by atoms with Gasteiger partial charge in [0.15, 0.2) is 0 Å². The molecule has 3 rings (SSSR count). The van der Waals surface area contributed by atoms with Gasteiger partial charge in [-0.3, -0.25) is 24.7 Å². The summed E-state index contributed by atoms with van der Waals surface area (Å²) in [5.74, 6) is -1.41. The van der Waals surface area contributed by atoms with Crippen LogP contribution in [-0.4, -0.2) is 32.7 Å². The van der Waals surface area contributed by atoms with E-state index in [0.717, 1.165) is 11.9 Å². The number of aromatic nitrogens is 1. The Morgan fingerprint density at radius 1 is 1.29 bits per heavy atom. The zero-order valence-corrected chi connectivity index (χ0v) is 16.2. The first-order valence-corrected chi connectivity index (χ1v) is 8.69. The van der Waals surface area contributed by atoms with Crippen molar-refractivity contribution in [2.45, 2.75) is 20.1 Å². The van der Waals surface area contributed by atoms with Crippen molar-refractivity contribution in [3.63, 3.8) is 0 Å². The average molecular weight is 449 g/mol. The van der Waals surface area contributed by atoms with Crippen LogP contribution in [0.15, 0.2) is 46.2 Å². The number of benzene rings is 1. The van der Waals surface area contributed by atoms with Crippen LogP contribution in [0.5, 0.6) is 5.75 Å². The molecule has 1 aromatic carbocycles. The molecule has 28 heavy (non-hydrogen) atoms. The van der Waals surface area contributed by atoms with Crippen molar-refractivity contribution in [1.29, 1.82) is 0 Å². The summed E-state index contributed by atoms with van der Waals surface area (Å²) in [6.45, 7) is 2.39.